The SMILES string of the molecule is CCCC1=C(C(=O)OCC)[C@H](c2cc(Br)ccc2OC)n2c(s/c(=C/c3cc(OC)c(OCc4ccc(Cl)cc4Cl)cc3Br)c2=O)=N1. The van der Waals surface area contributed by atoms with Crippen LogP contribution >= 0.6 is 66.4 Å². The summed E-state index contributed by atoms with van der Waals surface area (Å²) in [7, 11) is 3.10. The van der Waals surface area contributed by atoms with E-state index in [0.717, 1.165) is 16.5 Å². The molecule has 0 spiro atoms. The molecule has 8 nitrogen and oxygen atoms in total. The van der Waals surface area contributed by atoms with Crippen LogP contribution in [0.1, 0.15) is 49.4 Å². The molecule has 0 radical (unpaired) electrons. The molecule has 0 unspecified atom stereocenters. The quantitative estimate of drug-likeness (QED) is 0.143. The normalized spacial score (nSPS) is 14.5. The third-order valence-electron chi connectivity index (χ3n) is 7.35. The zero-order chi connectivity index (χ0) is 33.8. The van der Waals surface area contributed by atoms with Crippen molar-refractivity contribution >= 4 is 78.4 Å². The lowest BCUT2D eigenvalue weighted by atomic mass is 9.93. The molecule has 0 aliphatic carbocycles. The fourth-order valence-corrected chi connectivity index (χ4v) is 7.49. The van der Waals surface area contributed by atoms with E-state index in [1.807, 2.05) is 19.1 Å². The highest BCUT2D eigenvalue weighted by Crippen LogP contribution is 2.39. The number of aromatic nitrogens is 1. The van der Waals surface area contributed by atoms with Crippen molar-refractivity contribution < 1.29 is 23.7 Å². The van der Waals surface area contributed by atoms with Crippen molar-refractivity contribution in [2.45, 2.75) is 39.3 Å². The summed E-state index contributed by atoms with van der Waals surface area (Å²) in [4.78, 5) is 33.1. The smallest absolute Gasteiger partial charge is 0.338 e. The van der Waals surface area contributed by atoms with Gasteiger partial charge in [-0.2, -0.15) is 0 Å². The number of ether oxygens (including phenoxy) is 4. The number of methoxy groups -OCH3 is 2. The summed E-state index contributed by atoms with van der Waals surface area (Å²) in [5, 5.41) is 1.03. The monoisotopic (exact) mass is 822 g/mol. The average molecular weight is 825 g/mol. The second kappa shape index (κ2) is 15.4. The first-order valence-corrected chi connectivity index (χ1v) is 17.8. The molecule has 1 aliphatic rings. The minimum Gasteiger partial charge on any atom is -0.496 e. The van der Waals surface area contributed by atoms with E-state index < -0.39 is 12.0 Å². The number of allylic oxidation sites excluding steroid dienone is 1. The van der Waals surface area contributed by atoms with Gasteiger partial charge in [0, 0.05) is 30.1 Å². The van der Waals surface area contributed by atoms with Gasteiger partial charge in [0.05, 0.1) is 36.6 Å². The maximum absolute atomic E-state index is 14.3. The molecule has 47 heavy (non-hydrogen) atoms. The lowest BCUT2D eigenvalue weighted by Gasteiger charge is -2.27. The largest absolute Gasteiger partial charge is 0.496 e. The molecule has 0 fully saturated rings. The van der Waals surface area contributed by atoms with E-state index in [2.05, 4.69) is 31.9 Å². The number of carbonyl (C=O) groups is 1. The Balaban J connectivity index is 1.64. The molecule has 0 bridgehead atoms. The summed E-state index contributed by atoms with van der Waals surface area (Å²) in [6.07, 6.45) is 3.03. The van der Waals surface area contributed by atoms with Gasteiger partial charge in [-0.05, 0) is 67.4 Å². The number of rotatable bonds is 11. The molecule has 0 amide bonds. The number of benzene rings is 3. The Bertz CT molecular complexity index is 2060. The van der Waals surface area contributed by atoms with E-state index in [1.54, 1.807) is 68.2 Å². The maximum Gasteiger partial charge on any atom is 0.338 e. The van der Waals surface area contributed by atoms with Crippen LogP contribution in [-0.2, 0) is 16.1 Å². The van der Waals surface area contributed by atoms with Crippen LogP contribution < -0.4 is 29.1 Å². The molecular weight excluding hydrogens is 795 g/mol. The van der Waals surface area contributed by atoms with Gasteiger partial charge in [-0.25, -0.2) is 9.79 Å². The first-order chi connectivity index (χ1) is 22.6. The number of halogens is 4. The van der Waals surface area contributed by atoms with E-state index in [1.165, 1.54) is 11.3 Å². The van der Waals surface area contributed by atoms with Gasteiger partial charge in [-0.1, -0.05) is 85.8 Å². The number of hydrogen-bond acceptors (Lipinski definition) is 8. The van der Waals surface area contributed by atoms with Gasteiger partial charge < -0.3 is 18.9 Å². The first kappa shape index (κ1) is 35.2. The Kier molecular flexibility index (Phi) is 11.6. The summed E-state index contributed by atoms with van der Waals surface area (Å²) in [5.41, 5.74) is 2.65. The number of carbonyl (C=O) groups excluding carboxylic acids is 1. The fourth-order valence-electron chi connectivity index (χ4n) is 5.20. The molecular formula is C34H30Br2Cl2N2O6S. The van der Waals surface area contributed by atoms with Crippen LogP contribution in [0.5, 0.6) is 17.2 Å². The zero-order valence-corrected chi connectivity index (χ0v) is 31.4. The second-order valence-corrected chi connectivity index (χ2v) is 14.0. The molecule has 2 heterocycles. The van der Waals surface area contributed by atoms with Crippen LogP contribution in [0.15, 0.2) is 78.5 Å². The molecule has 4 aromatic rings. The van der Waals surface area contributed by atoms with Gasteiger partial charge in [0.25, 0.3) is 5.56 Å². The summed E-state index contributed by atoms with van der Waals surface area (Å²) < 4.78 is 26.3. The predicted octanol–water partition coefficient (Wildman–Crippen LogP) is 8.01. The Morgan fingerprint density at radius 1 is 1.02 bits per heavy atom. The highest BCUT2D eigenvalue weighted by Gasteiger charge is 2.36. The van der Waals surface area contributed by atoms with Crippen molar-refractivity contribution in [3.05, 3.63) is 115 Å². The Morgan fingerprint density at radius 2 is 1.79 bits per heavy atom. The minimum atomic E-state index is -0.824. The average Bonchev–Trinajstić information content (AvgIpc) is 3.35. The molecule has 1 aliphatic heterocycles. The summed E-state index contributed by atoms with van der Waals surface area (Å²) in [5.74, 6) is 0.942. The molecule has 13 heteroatoms. The van der Waals surface area contributed by atoms with Crippen LogP contribution in [-0.4, -0.2) is 31.4 Å². The number of nitrogens with zero attached hydrogens (tertiary/aromatic N) is 2. The van der Waals surface area contributed by atoms with Crippen LogP contribution in [0.3, 0.4) is 0 Å². The number of hydrogen-bond donors (Lipinski definition) is 0. The molecule has 1 atom stereocenters. The standard InChI is InChI=1S/C34H30Br2Cl2N2O6S/c1-5-7-25-30(33(42)45-6-2)31(22-14-20(35)9-11-26(22)43-3)40-32(41)29(47-34(40)39-25)13-19-12-27(44-4)28(16-23(19)36)46-17-18-8-10-21(37)15-24(18)38/h8-16,31H,5-7,17H2,1-4H3/b29-13+/t31-/m0/s1. The molecule has 246 valence electrons. The number of thiazole rings is 1. The van der Waals surface area contributed by atoms with E-state index in [0.29, 0.717) is 69.9 Å². The van der Waals surface area contributed by atoms with Crippen molar-refractivity contribution in [2.24, 2.45) is 4.99 Å². The maximum atomic E-state index is 14.3. The van der Waals surface area contributed by atoms with Gasteiger partial charge in [-0.15, -0.1) is 0 Å². The fraction of sp³-hybridized carbons (Fsp3) is 0.265. The van der Waals surface area contributed by atoms with Crippen LogP contribution in [0.25, 0.3) is 6.08 Å². The highest BCUT2D eigenvalue weighted by atomic mass is 79.9. The van der Waals surface area contributed by atoms with Crippen molar-refractivity contribution in [1.82, 2.24) is 4.57 Å². The lowest BCUT2D eigenvalue weighted by molar-refractivity contribution is -0.139. The molecule has 0 saturated heterocycles. The van der Waals surface area contributed by atoms with Gasteiger partial charge in [-0.3, -0.25) is 9.36 Å². The lowest BCUT2D eigenvalue weighted by Crippen LogP contribution is -2.40. The Hall–Kier alpha value is -3.09. The summed E-state index contributed by atoms with van der Waals surface area (Å²) in [6.45, 7) is 4.13. The summed E-state index contributed by atoms with van der Waals surface area (Å²) in [6, 6.07) is 13.4. The van der Waals surface area contributed by atoms with E-state index in [9.17, 15) is 9.59 Å². The van der Waals surface area contributed by atoms with E-state index in [-0.39, 0.29) is 18.8 Å². The molecule has 0 saturated carbocycles. The molecule has 1 aromatic heterocycles. The minimum absolute atomic E-state index is 0.177. The predicted molar refractivity (Wildman–Crippen MR) is 192 cm³/mol. The zero-order valence-electron chi connectivity index (χ0n) is 25.9. The van der Waals surface area contributed by atoms with E-state index >= 15 is 0 Å². The van der Waals surface area contributed by atoms with Crippen molar-refractivity contribution in [3.63, 3.8) is 0 Å². The molecule has 3 aromatic carbocycles. The van der Waals surface area contributed by atoms with Gasteiger partial charge in [0.2, 0.25) is 0 Å². The highest BCUT2D eigenvalue weighted by molar-refractivity contribution is 9.10. The van der Waals surface area contributed by atoms with Crippen LogP contribution in [0, 0.1) is 0 Å². The van der Waals surface area contributed by atoms with Gasteiger partial charge in [0.1, 0.15) is 18.4 Å². The van der Waals surface area contributed by atoms with E-state index in [4.69, 9.17) is 47.1 Å². The molecule has 0 N–H and O–H groups in total. The van der Waals surface area contributed by atoms with Gasteiger partial charge >= 0.3 is 5.97 Å². The number of esters is 1. The molecule has 5 rings (SSSR count). The first-order valence-electron chi connectivity index (χ1n) is 14.6. The third-order valence-corrected chi connectivity index (χ3v) is 10.1. The topological polar surface area (TPSA) is 88.4 Å². The Labute approximate surface area is 302 Å². The van der Waals surface area contributed by atoms with Crippen molar-refractivity contribution in [2.75, 3.05) is 20.8 Å². The van der Waals surface area contributed by atoms with Gasteiger partial charge in [0.15, 0.2) is 16.3 Å². The Morgan fingerprint density at radius 3 is 2.47 bits per heavy atom. The van der Waals surface area contributed by atoms with Crippen LogP contribution in [0.4, 0.5) is 0 Å². The third kappa shape index (κ3) is 7.49. The van der Waals surface area contributed by atoms with Crippen molar-refractivity contribution in [1.29, 1.82) is 0 Å². The summed E-state index contributed by atoms with van der Waals surface area (Å²) >= 11 is 20.8. The van der Waals surface area contributed by atoms with Crippen LogP contribution in [0.2, 0.25) is 10.0 Å². The number of fused-ring (bicyclic) bond motifs is 1. The van der Waals surface area contributed by atoms with Crippen molar-refractivity contribution in [3.8, 4) is 17.2 Å². The second-order valence-electron chi connectivity index (χ2n) is 10.3.